The van der Waals surface area contributed by atoms with Crippen LogP contribution in [0.15, 0.2) is 0 Å². The van der Waals surface area contributed by atoms with E-state index in [0.717, 1.165) is 0 Å². The second kappa shape index (κ2) is 29.4. The summed E-state index contributed by atoms with van der Waals surface area (Å²) in [5.41, 5.74) is 0. The molecule has 0 aliphatic rings. The van der Waals surface area contributed by atoms with E-state index in [1.165, 1.54) is 0 Å². The molecule has 0 heterocycles. The van der Waals surface area contributed by atoms with Crippen molar-refractivity contribution in [1.82, 2.24) is 0 Å². The largest absolute Gasteiger partial charge is 1.00 e. The van der Waals surface area contributed by atoms with Crippen LogP contribution in [-0.4, -0.2) is 10.6 Å². The molecule has 0 aliphatic heterocycles. The molecule has 0 saturated heterocycles. The smallest absolute Gasteiger partial charge is 0.764 e. The minimum atomic E-state index is -1.50. The zero-order valence-electron chi connectivity index (χ0n) is 4.66. The van der Waals surface area contributed by atoms with Gasteiger partial charge in [0.1, 0.15) is 0 Å². The zero-order chi connectivity index (χ0) is 7.15. The number of hydrogen-bond acceptors (Lipinski definition) is 6. The van der Waals surface area contributed by atoms with Gasteiger partial charge in [0.05, 0.1) is 0 Å². The van der Waals surface area contributed by atoms with Gasteiger partial charge in [-0.05, 0) is 0 Å². The van der Waals surface area contributed by atoms with Crippen LogP contribution >= 0.6 is 0 Å². The maximum atomic E-state index is 8.70. The molecule has 0 bridgehead atoms. The average molecular weight is 406 g/mol. The van der Waals surface area contributed by atoms with Crippen molar-refractivity contribution in [2.75, 3.05) is 0 Å². The van der Waals surface area contributed by atoms with Gasteiger partial charge in [0, 0.05) is 0 Å². The maximum Gasteiger partial charge on any atom is 1.00 e. The molecular weight excluding hydrogens is 406 g/mol. The molecule has 0 fully saturated rings. The SMILES string of the molecule is O=C([O-])[S-].O=C([O-])[S-].[Cu+].[Cu+].[Cu+].[Cu+]. The van der Waals surface area contributed by atoms with Crippen LogP contribution in [0.3, 0.4) is 0 Å². The van der Waals surface area contributed by atoms with Crippen LogP contribution in [0.4, 0.5) is 9.59 Å². The van der Waals surface area contributed by atoms with Gasteiger partial charge in [-0.2, -0.15) is 0 Å². The Hall–Kier alpha value is 1.46. The minimum absolute atomic E-state index is 0. The van der Waals surface area contributed by atoms with E-state index in [2.05, 4.69) is 25.3 Å². The number of rotatable bonds is 0. The van der Waals surface area contributed by atoms with Gasteiger partial charge in [-0.1, -0.05) is 10.6 Å². The molecule has 0 spiro atoms. The average Bonchev–Trinajstić information content (AvgIpc) is 1.25. The molecule has 0 unspecified atom stereocenters. The van der Waals surface area contributed by atoms with Crippen molar-refractivity contribution in [2.45, 2.75) is 0 Å². The van der Waals surface area contributed by atoms with Crippen LogP contribution < -0.4 is 10.2 Å². The summed E-state index contributed by atoms with van der Waals surface area (Å²) in [5.74, 6) is 0. The Kier molecular flexibility index (Phi) is 92.0. The number of hydrogen-bond donors (Lipinski definition) is 0. The Balaban J connectivity index is -0.0000000112. The van der Waals surface area contributed by atoms with Crippen molar-refractivity contribution in [2.24, 2.45) is 0 Å². The van der Waals surface area contributed by atoms with Gasteiger partial charge in [0.15, 0.2) is 0 Å². The van der Waals surface area contributed by atoms with Crippen LogP contribution in [0.1, 0.15) is 0 Å². The summed E-state index contributed by atoms with van der Waals surface area (Å²) in [4.78, 5) is 17.4. The van der Waals surface area contributed by atoms with Crippen molar-refractivity contribution in [3.05, 3.63) is 0 Å². The number of carboxylic acid groups (broad SMARTS) is 2. The Morgan fingerprint density at radius 2 is 0.750 bits per heavy atom. The first-order chi connectivity index (χ1) is 3.46. The molecule has 0 saturated carbocycles. The third kappa shape index (κ3) is 590. The van der Waals surface area contributed by atoms with E-state index in [1.54, 1.807) is 0 Å². The van der Waals surface area contributed by atoms with Gasteiger partial charge >= 0.3 is 68.3 Å². The van der Waals surface area contributed by atoms with Crippen LogP contribution in [0.2, 0.25) is 0 Å². The molecule has 0 aromatic carbocycles. The van der Waals surface area contributed by atoms with Crippen molar-refractivity contribution in [1.29, 1.82) is 0 Å². The fraction of sp³-hybridized carbons (Fsp3) is 0. The van der Waals surface area contributed by atoms with Crippen LogP contribution in [0.5, 0.6) is 0 Å². The Morgan fingerprint density at radius 1 is 0.750 bits per heavy atom. The van der Waals surface area contributed by atoms with Crippen molar-refractivity contribution < 1.29 is 88.1 Å². The fourth-order valence-corrected chi connectivity index (χ4v) is 0. The number of carbonyl (C=O) groups excluding carboxylic acids is 2. The van der Waals surface area contributed by atoms with E-state index in [0.29, 0.717) is 0 Å². The molecule has 0 aromatic rings. The van der Waals surface area contributed by atoms with E-state index in [1.807, 2.05) is 0 Å². The summed E-state index contributed by atoms with van der Waals surface area (Å²) in [6, 6.07) is 0. The second-order valence-corrected chi connectivity index (χ2v) is 1.17. The molecule has 10 heteroatoms. The summed E-state index contributed by atoms with van der Waals surface area (Å²) in [5, 5.41) is 14.4. The first-order valence-corrected chi connectivity index (χ1v) is 2.04. The van der Waals surface area contributed by atoms with Gasteiger partial charge in [-0.25, -0.2) is 0 Å². The van der Waals surface area contributed by atoms with E-state index < -0.39 is 10.6 Å². The molecule has 88 valence electrons. The monoisotopic (exact) mass is 404 g/mol. The minimum Gasteiger partial charge on any atom is -0.764 e. The Labute approximate surface area is 123 Å². The van der Waals surface area contributed by atoms with Crippen molar-refractivity contribution in [3.8, 4) is 0 Å². The molecule has 0 amide bonds. The summed E-state index contributed by atoms with van der Waals surface area (Å²) >= 11 is 6.85. The van der Waals surface area contributed by atoms with Gasteiger partial charge in [-0.3, -0.25) is 0 Å². The summed E-state index contributed by atoms with van der Waals surface area (Å²) in [7, 11) is 0. The van der Waals surface area contributed by atoms with Crippen LogP contribution in [0.25, 0.3) is 0 Å². The van der Waals surface area contributed by atoms with Gasteiger partial charge < -0.3 is 45.1 Å². The van der Waals surface area contributed by atoms with E-state index in [9.17, 15) is 0 Å². The Bertz CT molecular complexity index is 81.1. The summed E-state index contributed by atoms with van der Waals surface area (Å²) in [6.07, 6.45) is 0. The first-order valence-electron chi connectivity index (χ1n) is 1.22. The van der Waals surface area contributed by atoms with Crippen molar-refractivity contribution in [3.63, 3.8) is 0 Å². The molecule has 0 atom stereocenters. The molecule has 0 rings (SSSR count). The summed E-state index contributed by atoms with van der Waals surface area (Å²) in [6.45, 7) is 0. The normalized spacial score (nSPS) is 4.00. The fourth-order valence-electron chi connectivity index (χ4n) is 0. The van der Waals surface area contributed by atoms with Gasteiger partial charge in [0.25, 0.3) is 0 Å². The van der Waals surface area contributed by atoms with Gasteiger partial charge in [0.2, 0.25) is 0 Å². The predicted octanol–water partition coefficient (Wildman–Crippen LogP) is -2.26. The van der Waals surface area contributed by atoms with E-state index >= 15 is 0 Å². The third-order valence-corrected chi connectivity index (χ3v) is 0. The molecule has 0 radical (unpaired) electrons. The van der Waals surface area contributed by atoms with Crippen LogP contribution in [0, 0.1) is 0 Å². The standard InChI is InChI=1S/2CH2O2S.4Cu/c2*2-1(3)4;;;;/h2*4H,(H,2,3);;;;/q;;4*+1/p-4. The molecule has 12 heavy (non-hydrogen) atoms. The molecule has 0 aromatic heterocycles. The number of carbonyl (C=O) groups is 2. The predicted molar refractivity (Wildman–Crippen MR) is 25.5 cm³/mol. The zero-order valence-corrected chi connectivity index (χ0v) is 10.1. The third-order valence-electron chi connectivity index (χ3n) is 0. The molecule has 4 nitrogen and oxygen atoms in total. The summed E-state index contributed by atoms with van der Waals surface area (Å²) < 4.78 is 0. The molecule has 0 aliphatic carbocycles. The van der Waals surface area contributed by atoms with E-state index in [-0.39, 0.29) is 68.3 Å². The van der Waals surface area contributed by atoms with Crippen LogP contribution in [-0.2, 0) is 93.5 Å². The first kappa shape index (κ1) is 37.6. The topological polar surface area (TPSA) is 80.3 Å². The van der Waals surface area contributed by atoms with Crippen molar-refractivity contribution >= 4 is 35.9 Å². The second-order valence-electron chi connectivity index (χ2n) is 0.500. The Morgan fingerprint density at radius 3 is 0.750 bits per heavy atom. The van der Waals surface area contributed by atoms with Gasteiger partial charge in [-0.15, -0.1) is 0 Å². The van der Waals surface area contributed by atoms with E-state index in [4.69, 9.17) is 19.8 Å². The molecular formula is C2Cu4O4S2. The quantitative estimate of drug-likeness (QED) is 0.334. The maximum absolute atomic E-state index is 8.70. The molecule has 0 N–H and O–H groups in total.